The van der Waals surface area contributed by atoms with E-state index in [1.165, 1.54) is 11.9 Å². The van der Waals surface area contributed by atoms with E-state index in [2.05, 4.69) is 67.2 Å². The molecule has 2 heterocycles. The Bertz CT molecular complexity index is 1050. The molecule has 152 valence electrons. The van der Waals surface area contributed by atoms with Gasteiger partial charge in [-0.25, -0.2) is 14.3 Å². The zero-order valence-electron chi connectivity index (χ0n) is 16.8. The summed E-state index contributed by atoms with van der Waals surface area (Å²) in [6, 6.07) is 18.5. The number of aliphatic imine (C=N–C) groups is 1. The summed E-state index contributed by atoms with van der Waals surface area (Å²) >= 11 is 0. The Hall–Kier alpha value is -3.94. The fraction of sp³-hybridized carbons (Fsp3) is 0.182. The first kappa shape index (κ1) is 19.4. The lowest BCUT2D eigenvalue weighted by Gasteiger charge is -2.12. The summed E-state index contributed by atoms with van der Waals surface area (Å²) in [4.78, 5) is 8.27. The first-order chi connectivity index (χ1) is 14.8. The maximum atomic E-state index is 4.30. The number of nitrogens with one attached hydrogen (secondary N) is 2. The maximum Gasteiger partial charge on any atom is 0.191 e. The van der Waals surface area contributed by atoms with Gasteiger partial charge < -0.3 is 10.6 Å². The molecule has 0 saturated carbocycles. The summed E-state index contributed by atoms with van der Waals surface area (Å²) in [6.07, 6.45) is 7.84. The summed E-state index contributed by atoms with van der Waals surface area (Å²) in [7, 11) is 1.78. The molecule has 2 aromatic carbocycles. The van der Waals surface area contributed by atoms with Crippen LogP contribution in [-0.4, -0.2) is 44.1 Å². The van der Waals surface area contributed by atoms with Crippen molar-refractivity contribution < 1.29 is 0 Å². The molecule has 0 unspecified atom stereocenters. The second kappa shape index (κ2) is 9.51. The van der Waals surface area contributed by atoms with Crippen LogP contribution in [0.25, 0.3) is 11.4 Å². The smallest absolute Gasteiger partial charge is 0.191 e. The molecule has 0 amide bonds. The zero-order valence-corrected chi connectivity index (χ0v) is 16.8. The molecule has 0 saturated heterocycles. The van der Waals surface area contributed by atoms with Crippen molar-refractivity contribution in [3.8, 4) is 11.4 Å². The molecule has 0 radical (unpaired) electrons. The van der Waals surface area contributed by atoms with Gasteiger partial charge in [0.2, 0.25) is 0 Å². The van der Waals surface area contributed by atoms with Gasteiger partial charge in [0, 0.05) is 32.5 Å². The summed E-state index contributed by atoms with van der Waals surface area (Å²) in [6.45, 7) is 1.49. The van der Waals surface area contributed by atoms with Crippen molar-refractivity contribution in [2.45, 2.75) is 13.0 Å². The van der Waals surface area contributed by atoms with E-state index in [1.54, 1.807) is 24.3 Å². The fourth-order valence-electron chi connectivity index (χ4n) is 3.08. The largest absolute Gasteiger partial charge is 0.356 e. The lowest BCUT2D eigenvalue weighted by atomic mass is 10.1. The van der Waals surface area contributed by atoms with Crippen molar-refractivity contribution in [1.29, 1.82) is 0 Å². The normalized spacial score (nSPS) is 11.4. The van der Waals surface area contributed by atoms with Crippen LogP contribution in [0.5, 0.6) is 0 Å². The predicted molar refractivity (Wildman–Crippen MR) is 117 cm³/mol. The SMILES string of the molecule is CN=C(NCCc1ccc(-n2cccn2)cc1)NCc1ccc(-n2cncn2)cc1. The number of rotatable bonds is 7. The Balaban J connectivity index is 1.23. The Labute approximate surface area is 175 Å². The van der Waals surface area contributed by atoms with E-state index in [4.69, 9.17) is 0 Å². The van der Waals surface area contributed by atoms with E-state index in [0.717, 1.165) is 35.9 Å². The van der Waals surface area contributed by atoms with Crippen LogP contribution < -0.4 is 10.6 Å². The van der Waals surface area contributed by atoms with Crippen LogP contribution in [0.2, 0.25) is 0 Å². The molecule has 0 aliphatic rings. The van der Waals surface area contributed by atoms with Gasteiger partial charge in [-0.2, -0.15) is 10.2 Å². The van der Waals surface area contributed by atoms with Crippen molar-refractivity contribution in [3.63, 3.8) is 0 Å². The molecule has 8 heteroatoms. The molecule has 4 rings (SSSR count). The van der Waals surface area contributed by atoms with E-state index in [-0.39, 0.29) is 0 Å². The molecular formula is C22H24N8. The van der Waals surface area contributed by atoms with Crippen LogP contribution in [0.15, 0.2) is 84.6 Å². The average molecular weight is 400 g/mol. The van der Waals surface area contributed by atoms with Crippen LogP contribution >= 0.6 is 0 Å². The first-order valence-electron chi connectivity index (χ1n) is 9.79. The molecule has 8 nitrogen and oxygen atoms in total. The minimum Gasteiger partial charge on any atom is -0.356 e. The van der Waals surface area contributed by atoms with Gasteiger partial charge in [0.1, 0.15) is 12.7 Å². The van der Waals surface area contributed by atoms with Crippen LogP contribution in [0, 0.1) is 0 Å². The van der Waals surface area contributed by atoms with Crippen LogP contribution in [0.3, 0.4) is 0 Å². The minimum atomic E-state index is 0.690. The van der Waals surface area contributed by atoms with Gasteiger partial charge in [-0.1, -0.05) is 24.3 Å². The van der Waals surface area contributed by atoms with Crippen molar-refractivity contribution in [1.82, 2.24) is 35.2 Å². The summed E-state index contributed by atoms with van der Waals surface area (Å²) in [5, 5.41) is 15.1. The summed E-state index contributed by atoms with van der Waals surface area (Å²) in [5.41, 5.74) is 4.47. The molecule has 4 aromatic rings. The van der Waals surface area contributed by atoms with Gasteiger partial charge in [-0.05, 0) is 47.9 Å². The third-order valence-corrected chi connectivity index (χ3v) is 4.71. The predicted octanol–water partition coefficient (Wildman–Crippen LogP) is 2.36. The van der Waals surface area contributed by atoms with Gasteiger partial charge in [0.05, 0.1) is 11.4 Å². The van der Waals surface area contributed by atoms with Crippen molar-refractivity contribution in [2.75, 3.05) is 13.6 Å². The topological polar surface area (TPSA) is 85.0 Å². The molecular weight excluding hydrogens is 376 g/mol. The van der Waals surface area contributed by atoms with Crippen LogP contribution in [0.4, 0.5) is 0 Å². The quantitative estimate of drug-likeness (QED) is 0.367. The van der Waals surface area contributed by atoms with Gasteiger partial charge in [-0.15, -0.1) is 0 Å². The second-order valence-corrected chi connectivity index (χ2v) is 6.73. The van der Waals surface area contributed by atoms with E-state index in [1.807, 2.05) is 29.1 Å². The van der Waals surface area contributed by atoms with Crippen LogP contribution in [-0.2, 0) is 13.0 Å². The Kier molecular flexibility index (Phi) is 6.14. The number of guanidine groups is 1. The Morgan fingerprint density at radius 3 is 2.27 bits per heavy atom. The van der Waals surface area contributed by atoms with Crippen molar-refractivity contribution in [3.05, 3.63) is 90.8 Å². The minimum absolute atomic E-state index is 0.690. The average Bonchev–Trinajstić information content (AvgIpc) is 3.52. The van der Waals surface area contributed by atoms with E-state index < -0.39 is 0 Å². The highest BCUT2D eigenvalue weighted by atomic mass is 15.3. The third kappa shape index (κ3) is 4.91. The molecule has 2 aromatic heterocycles. The molecule has 30 heavy (non-hydrogen) atoms. The molecule has 0 fully saturated rings. The zero-order chi connectivity index (χ0) is 20.6. The van der Waals surface area contributed by atoms with Gasteiger partial charge in [0.25, 0.3) is 0 Å². The monoisotopic (exact) mass is 400 g/mol. The summed E-state index contributed by atoms with van der Waals surface area (Å²) < 4.78 is 3.59. The maximum absolute atomic E-state index is 4.30. The van der Waals surface area contributed by atoms with Gasteiger partial charge in [-0.3, -0.25) is 4.99 Å². The number of aromatic nitrogens is 5. The Morgan fingerprint density at radius 2 is 1.63 bits per heavy atom. The molecule has 0 aliphatic carbocycles. The number of nitrogens with zero attached hydrogens (tertiary/aromatic N) is 6. The summed E-state index contributed by atoms with van der Waals surface area (Å²) in [5.74, 6) is 0.781. The van der Waals surface area contributed by atoms with Gasteiger partial charge in [0.15, 0.2) is 5.96 Å². The lowest BCUT2D eigenvalue weighted by molar-refractivity contribution is 0.793. The van der Waals surface area contributed by atoms with E-state index >= 15 is 0 Å². The van der Waals surface area contributed by atoms with E-state index in [0.29, 0.717) is 6.54 Å². The third-order valence-electron chi connectivity index (χ3n) is 4.71. The fourth-order valence-corrected chi connectivity index (χ4v) is 3.08. The second-order valence-electron chi connectivity index (χ2n) is 6.73. The number of hydrogen-bond acceptors (Lipinski definition) is 4. The highest BCUT2D eigenvalue weighted by Gasteiger charge is 2.02. The van der Waals surface area contributed by atoms with Gasteiger partial charge >= 0.3 is 0 Å². The number of benzene rings is 2. The molecule has 0 aliphatic heterocycles. The molecule has 2 N–H and O–H groups in total. The van der Waals surface area contributed by atoms with E-state index in [9.17, 15) is 0 Å². The lowest BCUT2D eigenvalue weighted by Crippen LogP contribution is -2.37. The highest BCUT2D eigenvalue weighted by Crippen LogP contribution is 2.09. The Morgan fingerprint density at radius 1 is 0.900 bits per heavy atom. The van der Waals surface area contributed by atoms with Crippen molar-refractivity contribution in [2.24, 2.45) is 4.99 Å². The first-order valence-corrected chi connectivity index (χ1v) is 9.79. The highest BCUT2D eigenvalue weighted by molar-refractivity contribution is 5.79. The molecule has 0 atom stereocenters. The van der Waals surface area contributed by atoms with Crippen LogP contribution in [0.1, 0.15) is 11.1 Å². The van der Waals surface area contributed by atoms with Crippen molar-refractivity contribution >= 4 is 5.96 Å². The molecule has 0 bridgehead atoms. The number of hydrogen-bond donors (Lipinski definition) is 2. The molecule has 0 spiro atoms. The standard InChI is InChI=1S/C22H24N8/c1-23-22(26-15-19-5-9-21(10-6-19)30-17-24-16-28-30)25-13-11-18-3-7-20(8-4-18)29-14-2-12-27-29/h2-10,12,14,16-17H,11,13,15H2,1H3,(H2,23,25,26).